The fraction of sp³-hybridized carbons (Fsp3) is 0.333. The van der Waals surface area contributed by atoms with Crippen molar-refractivity contribution in [2.45, 2.75) is 27.7 Å². The van der Waals surface area contributed by atoms with E-state index in [-0.39, 0.29) is 39.4 Å². The van der Waals surface area contributed by atoms with E-state index in [2.05, 4.69) is 9.97 Å². The Balaban J connectivity index is 2.41. The quantitative estimate of drug-likeness (QED) is 0.557. The summed E-state index contributed by atoms with van der Waals surface area (Å²) in [5, 5.41) is 0.444. The number of aromatic nitrogens is 3. The molecule has 0 aliphatic rings. The normalized spacial score (nSPS) is 11.6. The molecule has 2 heterocycles. The fourth-order valence-corrected chi connectivity index (χ4v) is 3.30. The van der Waals surface area contributed by atoms with Gasteiger partial charge in [0.1, 0.15) is 0 Å². The van der Waals surface area contributed by atoms with Crippen LogP contribution in [0.1, 0.15) is 41.6 Å². The van der Waals surface area contributed by atoms with Gasteiger partial charge in [0.15, 0.2) is 28.7 Å². The number of fused-ring (bicyclic) bond motifs is 1. The van der Waals surface area contributed by atoms with Gasteiger partial charge < -0.3 is 9.47 Å². The molecule has 0 N–H and O–H groups in total. The Bertz CT molecular complexity index is 1180. The Morgan fingerprint density at radius 1 is 1.17 bits per heavy atom. The predicted octanol–water partition coefficient (Wildman–Crippen LogP) is 4.68. The summed E-state index contributed by atoms with van der Waals surface area (Å²) in [5.41, 5.74) is -0.0144. The van der Waals surface area contributed by atoms with Crippen molar-refractivity contribution in [2.75, 3.05) is 14.2 Å². The Morgan fingerprint density at radius 3 is 2.40 bits per heavy atom. The predicted molar refractivity (Wildman–Crippen MR) is 111 cm³/mol. The minimum absolute atomic E-state index is 0.0306. The highest BCUT2D eigenvalue weighted by Crippen LogP contribution is 2.35. The molecule has 0 radical (unpaired) electrons. The summed E-state index contributed by atoms with van der Waals surface area (Å²) < 4.78 is 26.2. The molecule has 3 rings (SSSR count). The lowest BCUT2D eigenvalue weighted by Crippen LogP contribution is -2.26. The highest BCUT2D eigenvalue weighted by molar-refractivity contribution is 6.32. The zero-order valence-electron chi connectivity index (χ0n) is 17.5. The van der Waals surface area contributed by atoms with E-state index in [0.717, 1.165) is 0 Å². The molecular weight excluding hydrogens is 413 g/mol. The number of halogens is 2. The van der Waals surface area contributed by atoms with Gasteiger partial charge in [-0.3, -0.25) is 9.36 Å². The molecule has 30 heavy (non-hydrogen) atoms. The Labute approximate surface area is 177 Å². The molecule has 0 saturated carbocycles. The van der Waals surface area contributed by atoms with Crippen LogP contribution >= 0.6 is 11.6 Å². The summed E-state index contributed by atoms with van der Waals surface area (Å²) in [6.07, 6.45) is 1.59. The SMILES string of the molecule is COC(=O)c1nc(-c2ccc(Cl)c(OC)c2F)nc2c1c(C)cn2C(=O)C(C)(C)C. The Hall–Kier alpha value is -3.00. The van der Waals surface area contributed by atoms with Gasteiger partial charge in [0.2, 0.25) is 5.91 Å². The van der Waals surface area contributed by atoms with Crippen LogP contribution in [0.15, 0.2) is 18.3 Å². The summed E-state index contributed by atoms with van der Waals surface area (Å²) in [6, 6.07) is 2.82. The third-order valence-electron chi connectivity index (χ3n) is 4.57. The molecule has 0 bridgehead atoms. The standard InChI is InChI=1S/C21H21ClFN3O4/c1-10-9-26(20(28)21(2,3)4)18-13(10)15(19(27)30-6)24-17(25-18)11-7-8-12(22)16(29-5)14(11)23/h7-9H,1-6H3. The van der Waals surface area contributed by atoms with Gasteiger partial charge in [-0.25, -0.2) is 19.2 Å². The third-order valence-corrected chi connectivity index (χ3v) is 4.87. The number of ether oxygens (including phenoxy) is 2. The lowest BCUT2D eigenvalue weighted by Gasteiger charge is -2.17. The first kappa shape index (κ1) is 21.7. The largest absolute Gasteiger partial charge is 0.492 e. The maximum atomic E-state index is 15.0. The number of esters is 1. The van der Waals surface area contributed by atoms with Gasteiger partial charge in [-0.15, -0.1) is 0 Å². The number of methoxy groups -OCH3 is 2. The molecule has 0 saturated heterocycles. The Morgan fingerprint density at radius 2 is 1.83 bits per heavy atom. The van der Waals surface area contributed by atoms with Crippen LogP contribution in [0.5, 0.6) is 5.75 Å². The average molecular weight is 434 g/mol. The van der Waals surface area contributed by atoms with Gasteiger partial charge in [0.05, 0.1) is 30.2 Å². The first-order valence-corrected chi connectivity index (χ1v) is 9.44. The zero-order chi connectivity index (χ0) is 22.4. The maximum absolute atomic E-state index is 15.0. The second-order valence-electron chi connectivity index (χ2n) is 7.77. The molecule has 9 heteroatoms. The van der Waals surface area contributed by atoms with Crippen LogP contribution in [0.2, 0.25) is 5.02 Å². The third kappa shape index (κ3) is 3.52. The number of carbonyl (C=O) groups excluding carboxylic acids is 2. The second kappa shape index (κ2) is 7.68. The first-order valence-electron chi connectivity index (χ1n) is 9.06. The molecule has 0 amide bonds. The molecule has 0 atom stereocenters. The molecule has 158 valence electrons. The van der Waals surface area contributed by atoms with Crippen molar-refractivity contribution in [3.63, 3.8) is 0 Å². The van der Waals surface area contributed by atoms with Crippen molar-refractivity contribution in [3.05, 3.63) is 40.4 Å². The Kier molecular flexibility index (Phi) is 5.56. The van der Waals surface area contributed by atoms with E-state index in [9.17, 15) is 9.59 Å². The van der Waals surface area contributed by atoms with Crippen LogP contribution in [0, 0.1) is 18.2 Å². The van der Waals surface area contributed by atoms with Crippen LogP contribution in [0.4, 0.5) is 4.39 Å². The van der Waals surface area contributed by atoms with Crippen molar-refractivity contribution in [1.29, 1.82) is 0 Å². The van der Waals surface area contributed by atoms with Crippen molar-refractivity contribution in [1.82, 2.24) is 14.5 Å². The number of hydrogen-bond donors (Lipinski definition) is 0. The molecule has 7 nitrogen and oxygen atoms in total. The van der Waals surface area contributed by atoms with Crippen LogP contribution in [-0.2, 0) is 4.74 Å². The fourth-order valence-electron chi connectivity index (χ4n) is 3.08. The molecule has 0 aliphatic heterocycles. The molecule has 3 aromatic rings. The smallest absolute Gasteiger partial charge is 0.357 e. The van der Waals surface area contributed by atoms with E-state index in [1.807, 2.05) is 0 Å². The first-order chi connectivity index (χ1) is 14.0. The number of nitrogens with zero attached hydrogens (tertiary/aromatic N) is 3. The van der Waals surface area contributed by atoms with Crippen molar-refractivity contribution >= 4 is 34.5 Å². The van der Waals surface area contributed by atoms with Crippen LogP contribution in [0.25, 0.3) is 22.4 Å². The van der Waals surface area contributed by atoms with Gasteiger partial charge in [-0.2, -0.15) is 0 Å². The molecular formula is C21H21ClFN3O4. The number of rotatable bonds is 3. The summed E-state index contributed by atoms with van der Waals surface area (Å²) in [7, 11) is 2.50. The van der Waals surface area contributed by atoms with E-state index in [4.69, 9.17) is 21.1 Å². The number of carbonyl (C=O) groups is 2. The monoisotopic (exact) mass is 433 g/mol. The van der Waals surface area contributed by atoms with E-state index >= 15 is 4.39 Å². The second-order valence-corrected chi connectivity index (χ2v) is 8.17. The minimum atomic E-state index is -0.780. The van der Waals surface area contributed by atoms with E-state index < -0.39 is 17.2 Å². The molecule has 0 fully saturated rings. The van der Waals surface area contributed by atoms with Crippen molar-refractivity contribution in [2.24, 2.45) is 5.41 Å². The van der Waals surface area contributed by atoms with Gasteiger partial charge in [-0.05, 0) is 24.6 Å². The van der Waals surface area contributed by atoms with Crippen LogP contribution < -0.4 is 4.74 Å². The average Bonchev–Trinajstić information content (AvgIpc) is 3.02. The summed E-state index contributed by atoms with van der Waals surface area (Å²) >= 11 is 5.98. The van der Waals surface area contributed by atoms with Crippen molar-refractivity contribution in [3.8, 4) is 17.1 Å². The molecule has 1 aromatic carbocycles. The number of benzene rings is 1. The van der Waals surface area contributed by atoms with Gasteiger partial charge >= 0.3 is 5.97 Å². The minimum Gasteiger partial charge on any atom is -0.492 e. The van der Waals surface area contributed by atoms with Gasteiger partial charge in [0.25, 0.3) is 0 Å². The van der Waals surface area contributed by atoms with Gasteiger partial charge in [-0.1, -0.05) is 32.4 Å². The molecule has 2 aromatic heterocycles. The van der Waals surface area contributed by atoms with Gasteiger partial charge in [0, 0.05) is 11.6 Å². The van der Waals surface area contributed by atoms with Crippen LogP contribution in [0.3, 0.4) is 0 Å². The zero-order valence-corrected chi connectivity index (χ0v) is 18.2. The summed E-state index contributed by atoms with van der Waals surface area (Å²) in [4.78, 5) is 34.1. The topological polar surface area (TPSA) is 83.3 Å². The molecule has 0 spiro atoms. The van der Waals surface area contributed by atoms with E-state index in [1.54, 1.807) is 33.9 Å². The lowest BCUT2D eigenvalue weighted by atomic mass is 9.95. The lowest BCUT2D eigenvalue weighted by molar-refractivity contribution is 0.0596. The highest BCUT2D eigenvalue weighted by Gasteiger charge is 2.29. The number of aryl methyl sites for hydroxylation is 1. The molecule has 0 unspecified atom stereocenters. The maximum Gasteiger partial charge on any atom is 0.357 e. The van der Waals surface area contributed by atoms with E-state index in [0.29, 0.717) is 10.9 Å². The highest BCUT2D eigenvalue weighted by atomic mass is 35.5. The number of hydrogen-bond acceptors (Lipinski definition) is 6. The summed E-state index contributed by atoms with van der Waals surface area (Å²) in [5.74, 6) is -2.02. The van der Waals surface area contributed by atoms with Crippen LogP contribution in [-0.4, -0.2) is 40.6 Å². The molecule has 0 aliphatic carbocycles. The summed E-state index contributed by atoms with van der Waals surface area (Å²) in [6.45, 7) is 7.03. The van der Waals surface area contributed by atoms with Crippen molar-refractivity contribution < 1.29 is 23.5 Å². The van der Waals surface area contributed by atoms with E-state index in [1.165, 1.54) is 30.9 Å².